The molecule has 0 unspecified atom stereocenters. The summed E-state index contributed by atoms with van der Waals surface area (Å²) >= 11 is 1.65. The molecule has 1 aliphatic heterocycles. The van der Waals surface area contributed by atoms with Crippen molar-refractivity contribution in [1.29, 1.82) is 0 Å². The van der Waals surface area contributed by atoms with E-state index in [2.05, 4.69) is 49.9 Å². The standard InChI is InChI=1S/C35H39NO7S3.K/c1-4-26(22-35-36(16-8-9-17-45(37,38)39)31-19-24(2)25(3)20-34(31)44-35)21-33-29(13-10-18-46(40,41)42)30-23-28(14-15-32(30)43-33)27-11-6-5-7-12-27;/h5-7,11-12,14-15,19-23H,4,8-10,13,16-18H2,1-3H3,(H,37,38,39)(H,40,41,42);/q;+1/p-1/b26-21-,35-22+;. The van der Waals surface area contributed by atoms with Crippen LogP contribution in [0.3, 0.4) is 0 Å². The molecular weight excluding hydrogens is 682 g/mol. The maximum atomic E-state index is 11.5. The second-order valence-electron chi connectivity index (χ2n) is 11.6. The summed E-state index contributed by atoms with van der Waals surface area (Å²) in [6, 6.07) is 20.3. The number of thioether (sulfide) groups is 1. The Balaban J connectivity index is 0.00000500. The first-order chi connectivity index (χ1) is 21.8. The van der Waals surface area contributed by atoms with Crippen molar-refractivity contribution in [2.24, 2.45) is 0 Å². The number of fused-ring (bicyclic) bond motifs is 2. The second-order valence-corrected chi connectivity index (χ2v) is 15.8. The first kappa shape index (κ1) is 38.1. The molecule has 0 spiro atoms. The molecule has 0 fully saturated rings. The van der Waals surface area contributed by atoms with E-state index in [9.17, 15) is 25.9 Å². The molecule has 0 amide bonds. The average molecular weight is 720 g/mol. The Hall–Kier alpha value is -1.71. The van der Waals surface area contributed by atoms with E-state index < -0.39 is 20.2 Å². The van der Waals surface area contributed by atoms with E-state index >= 15 is 0 Å². The predicted molar refractivity (Wildman–Crippen MR) is 186 cm³/mol. The molecule has 1 N–H and O–H groups in total. The van der Waals surface area contributed by atoms with E-state index in [1.807, 2.05) is 48.5 Å². The van der Waals surface area contributed by atoms with Gasteiger partial charge in [0.25, 0.3) is 10.1 Å². The van der Waals surface area contributed by atoms with Gasteiger partial charge in [-0.3, -0.25) is 4.55 Å². The van der Waals surface area contributed by atoms with Crippen molar-refractivity contribution in [2.75, 3.05) is 23.0 Å². The third-order valence-electron chi connectivity index (χ3n) is 8.16. The summed E-state index contributed by atoms with van der Waals surface area (Å²) in [7, 11) is -8.38. The third kappa shape index (κ3) is 10.2. The summed E-state index contributed by atoms with van der Waals surface area (Å²) in [6.07, 6.45) is 6.28. The van der Waals surface area contributed by atoms with Crippen LogP contribution in [0.25, 0.3) is 28.2 Å². The summed E-state index contributed by atoms with van der Waals surface area (Å²) in [5.41, 5.74) is 8.04. The molecule has 0 atom stereocenters. The van der Waals surface area contributed by atoms with Crippen LogP contribution in [0.2, 0.25) is 0 Å². The minimum Gasteiger partial charge on any atom is -0.748 e. The molecule has 5 rings (SSSR count). The first-order valence-electron chi connectivity index (χ1n) is 15.3. The Morgan fingerprint density at radius 2 is 1.66 bits per heavy atom. The van der Waals surface area contributed by atoms with Crippen LogP contribution < -0.4 is 56.3 Å². The van der Waals surface area contributed by atoms with E-state index in [1.165, 1.54) is 5.56 Å². The van der Waals surface area contributed by atoms with Gasteiger partial charge in [0.05, 0.1) is 26.6 Å². The fourth-order valence-electron chi connectivity index (χ4n) is 5.60. The van der Waals surface area contributed by atoms with Gasteiger partial charge in [0, 0.05) is 28.1 Å². The van der Waals surface area contributed by atoms with Gasteiger partial charge in [0.1, 0.15) is 11.3 Å². The topological polar surface area (TPSA) is 128 Å². The molecule has 0 saturated heterocycles. The van der Waals surface area contributed by atoms with Gasteiger partial charge in [-0.2, -0.15) is 8.42 Å². The van der Waals surface area contributed by atoms with Crippen LogP contribution in [0.15, 0.2) is 86.7 Å². The van der Waals surface area contributed by atoms with Crippen LogP contribution in [0.1, 0.15) is 55.1 Å². The van der Waals surface area contributed by atoms with Crippen LogP contribution in [0, 0.1) is 13.8 Å². The van der Waals surface area contributed by atoms with Crippen molar-refractivity contribution >= 4 is 54.7 Å². The zero-order valence-electron chi connectivity index (χ0n) is 27.2. The van der Waals surface area contributed by atoms with Gasteiger partial charge in [0.2, 0.25) is 0 Å². The van der Waals surface area contributed by atoms with Gasteiger partial charge in [-0.05, 0) is 110 Å². The number of hydrogen-bond acceptors (Lipinski definition) is 8. The monoisotopic (exact) mass is 719 g/mol. The van der Waals surface area contributed by atoms with E-state index in [0.717, 1.165) is 48.8 Å². The average Bonchev–Trinajstić information content (AvgIpc) is 3.50. The molecule has 0 aliphatic carbocycles. The molecule has 0 bridgehead atoms. The van der Waals surface area contributed by atoms with Crippen molar-refractivity contribution in [2.45, 2.75) is 57.8 Å². The molecule has 47 heavy (non-hydrogen) atoms. The number of benzene rings is 3. The minimum atomic E-state index is -4.27. The summed E-state index contributed by atoms with van der Waals surface area (Å²) in [5, 5.41) is 1.89. The normalized spacial score (nSPS) is 14.5. The zero-order valence-corrected chi connectivity index (χ0v) is 32.7. The number of furan rings is 1. The van der Waals surface area contributed by atoms with Crippen molar-refractivity contribution < 1.29 is 81.7 Å². The molecule has 1 aromatic heterocycles. The summed E-state index contributed by atoms with van der Waals surface area (Å²) in [5.74, 6) is -0.0864. The fourth-order valence-corrected chi connectivity index (χ4v) is 7.91. The molecule has 0 radical (unpaired) electrons. The molecule has 4 aromatic rings. The Kier molecular flexibility index (Phi) is 13.2. The van der Waals surface area contributed by atoms with Crippen LogP contribution in [0.5, 0.6) is 0 Å². The third-order valence-corrected chi connectivity index (χ3v) is 10.9. The molecule has 1 aliphatic rings. The maximum absolute atomic E-state index is 11.5. The van der Waals surface area contributed by atoms with Crippen molar-refractivity contribution in [1.82, 2.24) is 0 Å². The molecule has 2 heterocycles. The van der Waals surface area contributed by atoms with Crippen molar-refractivity contribution in [3.05, 3.63) is 99.8 Å². The van der Waals surface area contributed by atoms with Gasteiger partial charge in [0.15, 0.2) is 0 Å². The zero-order chi connectivity index (χ0) is 33.1. The van der Waals surface area contributed by atoms with E-state index in [4.69, 9.17) is 4.42 Å². The number of unbranched alkanes of at least 4 members (excludes halogenated alkanes) is 1. The van der Waals surface area contributed by atoms with Crippen LogP contribution in [-0.4, -0.2) is 44.0 Å². The maximum Gasteiger partial charge on any atom is 1.00 e. The smallest absolute Gasteiger partial charge is 0.748 e. The Labute approximate surface area is 324 Å². The largest absolute Gasteiger partial charge is 1.00 e. The molecule has 8 nitrogen and oxygen atoms in total. The van der Waals surface area contributed by atoms with Crippen molar-refractivity contribution in [3.8, 4) is 11.1 Å². The summed E-state index contributed by atoms with van der Waals surface area (Å²) in [6.45, 7) is 6.76. The first-order valence-corrected chi connectivity index (χ1v) is 19.3. The van der Waals surface area contributed by atoms with Gasteiger partial charge in [-0.15, -0.1) is 0 Å². The molecular formula is C35H38KNO7S3. The SMILES string of the molecule is CCC(=C/c1oc2ccc(-c3ccccc3)cc2c1CCCS(=O)(=O)O)/C=C1/Sc2cc(C)c(C)cc2N1CCCCS(=O)(=O)[O-].[K+]. The van der Waals surface area contributed by atoms with Crippen molar-refractivity contribution in [3.63, 3.8) is 0 Å². The van der Waals surface area contributed by atoms with Gasteiger partial charge in [-0.1, -0.05) is 55.1 Å². The van der Waals surface area contributed by atoms with Crippen LogP contribution in [0.4, 0.5) is 5.69 Å². The Morgan fingerprint density at radius 3 is 2.34 bits per heavy atom. The summed E-state index contributed by atoms with van der Waals surface area (Å²) in [4.78, 5) is 3.30. The quantitative estimate of drug-likeness (QED) is 0.114. The second kappa shape index (κ2) is 16.3. The molecule has 12 heteroatoms. The molecule has 244 valence electrons. The fraction of sp³-hybridized carbons (Fsp3) is 0.314. The van der Waals surface area contributed by atoms with Gasteiger partial charge >= 0.3 is 51.4 Å². The van der Waals surface area contributed by atoms with Crippen LogP contribution >= 0.6 is 11.8 Å². The Morgan fingerprint density at radius 1 is 0.936 bits per heavy atom. The van der Waals surface area contributed by atoms with Crippen LogP contribution in [-0.2, 0) is 26.7 Å². The number of nitrogens with zero attached hydrogens (tertiary/aromatic N) is 1. The predicted octanol–water partition coefficient (Wildman–Crippen LogP) is 5.11. The van der Waals surface area contributed by atoms with E-state index in [-0.39, 0.29) is 75.7 Å². The number of allylic oxidation sites excluding steroid dienone is 2. The number of anilines is 1. The number of hydrogen-bond donors (Lipinski definition) is 1. The number of rotatable bonds is 13. The van der Waals surface area contributed by atoms with E-state index in [1.54, 1.807) is 11.8 Å². The van der Waals surface area contributed by atoms with E-state index in [0.29, 0.717) is 37.2 Å². The summed E-state index contributed by atoms with van der Waals surface area (Å²) < 4.78 is 72.4. The minimum absolute atomic E-state index is 0. The molecule has 0 saturated carbocycles. The Bertz CT molecular complexity index is 2020. The number of aryl methyl sites for hydroxylation is 3. The molecule has 3 aromatic carbocycles. The van der Waals surface area contributed by atoms with Gasteiger partial charge in [-0.25, -0.2) is 8.42 Å². The van der Waals surface area contributed by atoms with Gasteiger partial charge < -0.3 is 13.9 Å².